The Morgan fingerprint density at radius 2 is 1.49 bits per heavy atom. The molecule has 0 atom stereocenters. The maximum atomic E-state index is 12.9. The van der Waals surface area contributed by atoms with E-state index in [1.54, 1.807) is 61.5 Å². The first-order chi connectivity index (χ1) is 19.8. The van der Waals surface area contributed by atoms with Gasteiger partial charge < -0.3 is 25.4 Å². The van der Waals surface area contributed by atoms with Crippen molar-refractivity contribution in [3.05, 3.63) is 101 Å². The van der Waals surface area contributed by atoms with Crippen LogP contribution in [0.2, 0.25) is 0 Å². The SMILES string of the molecule is COC(=O)c1c(NC(=O)CSc2cccc(NC(=O)COc3ccccc3)c2)sc(C(=O)Nc2ccccc2)c1C. The summed E-state index contributed by atoms with van der Waals surface area (Å²) in [6.07, 6.45) is 0. The molecule has 0 spiro atoms. The molecule has 3 aromatic carbocycles. The number of para-hydroxylation sites is 2. The fourth-order valence-corrected chi connectivity index (χ4v) is 5.57. The molecule has 9 nitrogen and oxygen atoms in total. The predicted octanol–water partition coefficient (Wildman–Crippen LogP) is 5.84. The summed E-state index contributed by atoms with van der Waals surface area (Å²) in [7, 11) is 1.24. The monoisotopic (exact) mass is 589 g/mol. The molecule has 0 unspecified atom stereocenters. The highest BCUT2D eigenvalue weighted by Crippen LogP contribution is 2.34. The third kappa shape index (κ3) is 8.19. The second kappa shape index (κ2) is 14.1. The standard InChI is InChI=1S/C30H27N3O6S2/c1-19-26(30(37)38-2)29(41-27(19)28(36)32-20-10-5-3-6-11-20)33-25(35)18-40-23-15-9-12-21(16-23)31-24(34)17-39-22-13-7-4-8-14-22/h3-16H,17-18H2,1-2H3,(H,31,34)(H,32,36)(H,33,35). The maximum absolute atomic E-state index is 12.9. The Bertz CT molecular complexity index is 1540. The summed E-state index contributed by atoms with van der Waals surface area (Å²) in [6.45, 7) is 1.50. The van der Waals surface area contributed by atoms with Crippen LogP contribution < -0.4 is 20.7 Å². The summed E-state index contributed by atoms with van der Waals surface area (Å²) in [4.78, 5) is 51.6. The fraction of sp³-hybridized carbons (Fsp3) is 0.133. The fourth-order valence-electron chi connectivity index (χ4n) is 3.71. The predicted molar refractivity (Wildman–Crippen MR) is 161 cm³/mol. The summed E-state index contributed by atoms with van der Waals surface area (Å²) in [5.41, 5.74) is 1.72. The third-order valence-corrected chi connectivity index (χ3v) is 7.83. The van der Waals surface area contributed by atoms with Gasteiger partial charge in [0.2, 0.25) is 5.91 Å². The van der Waals surface area contributed by atoms with Gasteiger partial charge in [0.15, 0.2) is 6.61 Å². The molecular formula is C30H27N3O6S2. The minimum absolute atomic E-state index is 0.0254. The van der Waals surface area contributed by atoms with E-state index in [0.717, 1.165) is 16.2 Å². The summed E-state index contributed by atoms with van der Waals surface area (Å²) in [6, 6.07) is 25.0. The van der Waals surface area contributed by atoms with Crippen molar-refractivity contribution in [3.8, 4) is 5.75 Å². The van der Waals surface area contributed by atoms with Gasteiger partial charge in [-0.2, -0.15) is 0 Å². The Labute approximate surface area is 245 Å². The quantitative estimate of drug-likeness (QED) is 0.148. The van der Waals surface area contributed by atoms with E-state index in [1.807, 2.05) is 30.3 Å². The van der Waals surface area contributed by atoms with Crippen molar-refractivity contribution in [1.82, 2.24) is 0 Å². The zero-order valence-electron chi connectivity index (χ0n) is 22.3. The van der Waals surface area contributed by atoms with Crippen molar-refractivity contribution in [2.45, 2.75) is 11.8 Å². The van der Waals surface area contributed by atoms with Gasteiger partial charge in [-0.15, -0.1) is 23.1 Å². The third-order valence-electron chi connectivity index (χ3n) is 5.63. The van der Waals surface area contributed by atoms with E-state index < -0.39 is 11.9 Å². The molecule has 0 saturated carbocycles. The van der Waals surface area contributed by atoms with Crippen molar-refractivity contribution in [2.24, 2.45) is 0 Å². The van der Waals surface area contributed by atoms with Gasteiger partial charge in [0.05, 0.1) is 23.3 Å². The van der Waals surface area contributed by atoms with Gasteiger partial charge in [-0.05, 0) is 55.0 Å². The summed E-state index contributed by atoms with van der Waals surface area (Å²) in [5.74, 6) is -1.12. The van der Waals surface area contributed by atoms with Crippen LogP contribution in [0.1, 0.15) is 25.6 Å². The number of methoxy groups -OCH3 is 1. The van der Waals surface area contributed by atoms with E-state index in [2.05, 4.69) is 16.0 Å². The lowest BCUT2D eigenvalue weighted by Crippen LogP contribution is -2.20. The van der Waals surface area contributed by atoms with Crippen LogP contribution >= 0.6 is 23.1 Å². The first-order valence-electron chi connectivity index (χ1n) is 12.4. The van der Waals surface area contributed by atoms with Gasteiger partial charge in [-0.3, -0.25) is 14.4 Å². The number of benzene rings is 3. The van der Waals surface area contributed by atoms with Crippen LogP contribution in [0.25, 0.3) is 0 Å². The zero-order chi connectivity index (χ0) is 29.2. The number of nitrogens with one attached hydrogen (secondary N) is 3. The van der Waals surface area contributed by atoms with E-state index >= 15 is 0 Å². The number of ether oxygens (including phenoxy) is 2. The second-order valence-electron chi connectivity index (χ2n) is 8.59. The molecule has 0 saturated heterocycles. The van der Waals surface area contributed by atoms with Crippen molar-refractivity contribution >= 4 is 63.2 Å². The maximum Gasteiger partial charge on any atom is 0.341 e. The highest BCUT2D eigenvalue weighted by Gasteiger charge is 2.26. The van der Waals surface area contributed by atoms with Crippen molar-refractivity contribution in [3.63, 3.8) is 0 Å². The van der Waals surface area contributed by atoms with Gasteiger partial charge >= 0.3 is 5.97 Å². The van der Waals surface area contributed by atoms with Crippen LogP contribution in [0.5, 0.6) is 5.75 Å². The first kappa shape index (κ1) is 29.4. The number of amides is 3. The molecule has 0 aliphatic carbocycles. The molecule has 0 aliphatic heterocycles. The minimum Gasteiger partial charge on any atom is -0.484 e. The van der Waals surface area contributed by atoms with E-state index in [1.165, 1.54) is 18.9 Å². The van der Waals surface area contributed by atoms with Crippen LogP contribution in [-0.2, 0) is 14.3 Å². The van der Waals surface area contributed by atoms with E-state index in [9.17, 15) is 19.2 Å². The smallest absolute Gasteiger partial charge is 0.341 e. The lowest BCUT2D eigenvalue weighted by Gasteiger charge is -2.09. The molecule has 1 aromatic heterocycles. The van der Waals surface area contributed by atoms with Crippen LogP contribution in [0.3, 0.4) is 0 Å². The van der Waals surface area contributed by atoms with Crippen LogP contribution in [0.15, 0.2) is 89.8 Å². The molecule has 0 radical (unpaired) electrons. The zero-order valence-corrected chi connectivity index (χ0v) is 23.9. The second-order valence-corrected chi connectivity index (χ2v) is 10.7. The average Bonchev–Trinajstić information content (AvgIpc) is 3.31. The molecule has 11 heteroatoms. The van der Waals surface area contributed by atoms with Crippen molar-refractivity contribution in [2.75, 3.05) is 35.4 Å². The number of hydrogen-bond acceptors (Lipinski definition) is 8. The number of esters is 1. The number of thioether (sulfide) groups is 1. The molecule has 0 aliphatic rings. The molecule has 3 amide bonds. The van der Waals surface area contributed by atoms with Crippen molar-refractivity contribution < 1.29 is 28.7 Å². The van der Waals surface area contributed by atoms with E-state index in [-0.39, 0.29) is 39.6 Å². The lowest BCUT2D eigenvalue weighted by atomic mass is 10.1. The Kier molecular flexibility index (Phi) is 10.1. The topological polar surface area (TPSA) is 123 Å². The average molecular weight is 590 g/mol. The van der Waals surface area contributed by atoms with Gasteiger partial charge in [-0.25, -0.2) is 4.79 Å². The Balaban J connectivity index is 1.37. The van der Waals surface area contributed by atoms with Gasteiger partial charge in [0.1, 0.15) is 10.8 Å². The number of carbonyl (C=O) groups is 4. The van der Waals surface area contributed by atoms with Gasteiger partial charge in [0.25, 0.3) is 11.8 Å². The number of carbonyl (C=O) groups excluding carboxylic acids is 4. The molecule has 210 valence electrons. The minimum atomic E-state index is -0.653. The molecule has 0 bridgehead atoms. The summed E-state index contributed by atoms with van der Waals surface area (Å²) < 4.78 is 10.4. The Morgan fingerprint density at radius 1 is 0.805 bits per heavy atom. The van der Waals surface area contributed by atoms with Crippen LogP contribution in [0, 0.1) is 6.92 Å². The van der Waals surface area contributed by atoms with Gasteiger partial charge in [0, 0.05) is 16.3 Å². The molecule has 4 rings (SSSR count). The van der Waals surface area contributed by atoms with Crippen LogP contribution in [-0.4, -0.2) is 43.2 Å². The molecule has 3 N–H and O–H groups in total. The largest absolute Gasteiger partial charge is 0.484 e. The Hall–Kier alpha value is -4.61. The molecule has 0 fully saturated rings. The van der Waals surface area contributed by atoms with E-state index in [0.29, 0.717) is 22.7 Å². The Morgan fingerprint density at radius 3 is 2.20 bits per heavy atom. The molecular weight excluding hydrogens is 562 g/mol. The highest BCUT2D eigenvalue weighted by molar-refractivity contribution is 8.00. The molecule has 1 heterocycles. The number of hydrogen-bond donors (Lipinski definition) is 3. The lowest BCUT2D eigenvalue weighted by molar-refractivity contribution is -0.118. The molecule has 4 aromatic rings. The summed E-state index contributed by atoms with van der Waals surface area (Å²) in [5, 5.41) is 8.55. The summed E-state index contributed by atoms with van der Waals surface area (Å²) >= 11 is 2.26. The molecule has 41 heavy (non-hydrogen) atoms. The van der Waals surface area contributed by atoms with Crippen LogP contribution in [0.4, 0.5) is 16.4 Å². The van der Waals surface area contributed by atoms with Crippen molar-refractivity contribution in [1.29, 1.82) is 0 Å². The number of rotatable bonds is 11. The van der Waals surface area contributed by atoms with E-state index in [4.69, 9.17) is 9.47 Å². The number of anilines is 3. The highest BCUT2D eigenvalue weighted by atomic mass is 32.2. The normalized spacial score (nSPS) is 10.4. The first-order valence-corrected chi connectivity index (χ1v) is 14.2. The van der Waals surface area contributed by atoms with Gasteiger partial charge in [-0.1, -0.05) is 42.5 Å². The number of thiophene rings is 1.